The number of halogens is 4. The molecule has 3 rings (SSSR count). The first kappa shape index (κ1) is 20.3. The third-order valence-electron chi connectivity index (χ3n) is 4.13. The first-order valence-electron chi connectivity index (χ1n) is 7.92. The number of hydrogen-bond acceptors (Lipinski definition) is 4. The summed E-state index contributed by atoms with van der Waals surface area (Å²) in [5.41, 5.74) is -0.112. The molecule has 2 aromatic rings. The van der Waals surface area contributed by atoms with Gasteiger partial charge in [-0.15, -0.1) is 0 Å². The van der Waals surface area contributed by atoms with E-state index >= 15 is 0 Å². The minimum Gasteiger partial charge on any atom is -0.497 e. The molecule has 4 nitrogen and oxygen atoms in total. The van der Waals surface area contributed by atoms with Crippen LogP contribution in [0.15, 0.2) is 47.4 Å². The molecule has 0 saturated carbocycles. The number of ether oxygens (including phenoxy) is 1. The highest BCUT2D eigenvalue weighted by Gasteiger charge is 2.40. The summed E-state index contributed by atoms with van der Waals surface area (Å²) in [5.74, 6) is -0.116. The summed E-state index contributed by atoms with van der Waals surface area (Å²) in [6, 6.07) is 9.83. The van der Waals surface area contributed by atoms with Crippen LogP contribution < -0.4 is 9.64 Å². The van der Waals surface area contributed by atoms with E-state index < -0.39 is 27.9 Å². The molecule has 1 fully saturated rings. The van der Waals surface area contributed by atoms with Crippen LogP contribution in [0.2, 0.25) is 5.02 Å². The highest BCUT2D eigenvalue weighted by molar-refractivity contribution is 8.19. The van der Waals surface area contributed by atoms with Crippen LogP contribution in [0, 0.1) is 0 Å². The van der Waals surface area contributed by atoms with Gasteiger partial charge in [-0.05, 0) is 60.2 Å². The van der Waals surface area contributed by atoms with Crippen LogP contribution >= 0.6 is 23.4 Å². The van der Waals surface area contributed by atoms with Crippen molar-refractivity contribution >= 4 is 45.8 Å². The minimum atomic E-state index is -4.71. The average molecular weight is 428 g/mol. The fourth-order valence-electron chi connectivity index (χ4n) is 2.68. The zero-order valence-electron chi connectivity index (χ0n) is 14.6. The van der Waals surface area contributed by atoms with E-state index in [-0.39, 0.29) is 10.6 Å². The number of allylic oxidation sites excluding steroid dienone is 1. The summed E-state index contributed by atoms with van der Waals surface area (Å²) in [6.07, 6.45) is -4.71. The number of imide groups is 1. The van der Waals surface area contributed by atoms with Crippen molar-refractivity contribution in [2.75, 3.05) is 12.0 Å². The predicted molar refractivity (Wildman–Crippen MR) is 103 cm³/mol. The minimum absolute atomic E-state index is 0.141. The van der Waals surface area contributed by atoms with Crippen molar-refractivity contribution in [3.05, 3.63) is 63.5 Å². The van der Waals surface area contributed by atoms with Gasteiger partial charge in [-0.2, -0.15) is 13.2 Å². The molecule has 0 bridgehead atoms. The molecule has 28 heavy (non-hydrogen) atoms. The smallest absolute Gasteiger partial charge is 0.417 e. The van der Waals surface area contributed by atoms with Gasteiger partial charge in [-0.25, -0.2) is 4.90 Å². The predicted octanol–water partition coefficient (Wildman–Crippen LogP) is 6.00. The molecule has 0 N–H and O–H groups in total. The highest BCUT2D eigenvalue weighted by atomic mass is 35.5. The Kier molecular flexibility index (Phi) is 5.45. The molecule has 0 spiro atoms. The van der Waals surface area contributed by atoms with Crippen LogP contribution in [0.1, 0.15) is 18.1 Å². The lowest BCUT2D eigenvalue weighted by Gasteiger charge is -2.16. The maximum atomic E-state index is 13.1. The van der Waals surface area contributed by atoms with Crippen molar-refractivity contribution in [2.24, 2.45) is 0 Å². The van der Waals surface area contributed by atoms with Crippen molar-refractivity contribution in [1.29, 1.82) is 0 Å². The van der Waals surface area contributed by atoms with Gasteiger partial charge in [0.25, 0.3) is 11.1 Å². The van der Waals surface area contributed by atoms with E-state index in [1.165, 1.54) is 13.2 Å². The molecule has 0 unspecified atom stereocenters. The third-order valence-corrected chi connectivity index (χ3v) is 5.50. The highest BCUT2D eigenvalue weighted by Crippen LogP contribution is 2.42. The number of benzene rings is 2. The molecule has 0 aromatic heterocycles. The summed E-state index contributed by atoms with van der Waals surface area (Å²) in [5, 5.41) is -1.19. The van der Waals surface area contributed by atoms with Crippen molar-refractivity contribution in [1.82, 2.24) is 0 Å². The van der Waals surface area contributed by atoms with Gasteiger partial charge < -0.3 is 4.74 Å². The van der Waals surface area contributed by atoms with Gasteiger partial charge in [-0.1, -0.05) is 23.7 Å². The van der Waals surface area contributed by atoms with Crippen LogP contribution in [0.5, 0.6) is 5.75 Å². The Hall–Kier alpha value is -2.45. The summed E-state index contributed by atoms with van der Waals surface area (Å²) >= 11 is 6.29. The number of methoxy groups -OCH3 is 1. The zero-order valence-corrected chi connectivity index (χ0v) is 16.2. The maximum absolute atomic E-state index is 13.1. The monoisotopic (exact) mass is 427 g/mol. The molecule has 1 aliphatic rings. The topological polar surface area (TPSA) is 46.6 Å². The second-order valence-corrected chi connectivity index (χ2v) is 7.23. The molecule has 0 radical (unpaired) electrons. The zero-order chi connectivity index (χ0) is 20.6. The molecule has 2 amide bonds. The summed E-state index contributed by atoms with van der Waals surface area (Å²) in [7, 11) is 1.50. The number of amides is 2. The quantitative estimate of drug-likeness (QED) is 0.564. The van der Waals surface area contributed by atoms with Crippen molar-refractivity contribution in [3.8, 4) is 5.75 Å². The normalized spacial score (nSPS) is 16.6. The lowest BCUT2D eigenvalue weighted by atomic mass is 10.1. The molecule has 0 aliphatic carbocycles. The van der Waals surface area contributed by atoms with E-state index in [0.29, 0.717) is 34.7 Å². The molecule has 9 heteroatoms. The Bertz CT molecular complexity index is 1000. The van der Waals surface area contributed by atoms with Gasteiger partial charge in [0.15, 0.2) is 0 Å². The number of hydrogen-bond donors (Lipinski definition) is 0. The molecule has 1 saturated heterocycles. The Morgan fingerprint density at radius 1 is 1.14 bits per heavy atom. The van der Waals surface area contributed by atoms with Crippen molar-refractivity contribution in [2.45, 2.75) is 13.1 Å². The van der Waals surface area contributed by atoms with Gasteiger partial charge in [0, 0.05) is 0 Å². The average Bonchev–Trinajstić information content (AvgIpc) is 2.95. The molecule has 146 valence electrons. The van der Waals surface area contributed by atoms with Gasteiger partial charge in [-0.3, -0.25) is 9.59 Å². The van der Waals surface area contributed by atoms with E-state index in [1.54, 1.807) is 31.2 Å². The number of carbonyl (C=O) groups excluding carboxylic acids is 2. The Balaban J connectivity index is 2.03. The van der Waals surface area contributed by atoms with Crippen LogP contribution in [0.4, 0.5) is 23.7 Å². The van der Waals surface area contributed by atoms with E-state index in [2.05, 4.69) is 0 Å². The van der Waals surface area contributed by atoms with Crippen LogP contribution in [-0.4, -0.2) is 18.3 Å². The number of anilines is 1. The first-order chi connectivity index (χ1) is 13.1. The van der Waals surface area contributed by atoms with Crippen LogP contribution in [0.25, 0.3) is 5.57 Å². The second-order valence-electron chi connectivity index (χ2n) is 5.86. The standard InChI is InChI=1S/C19H13ClF3NO3S/c1-10(11-4-3-5-13(8-11)27-2)16-17(25)24(18(26)28-16)12-6-7-15(20)14(9-12)19(21,22)23/h3-9H,1-2H3/b16-10-. The number of rotatable bonds is 3. The maximum Gasteiger partial charge on any atom is 0.417 e. The lowest BCUT2D eigenvalue weighted by Crippen LogP contribution is -2.28. The van der Waals surface area contributed by atoms with Gasteiger partial charge in [0.1, 0.15) is 5.75 Å². The second kappa shape index (κ2) is 7.52. The summed E-state index contributed by atoms with van der Waals surface area (Å²) in [4.78, 5) is 26.1. The Morgan fingerprint density at radius 2 is 1.86 bits per heavy atom. The first-order valence-corrected chi connectivity index (χ1v) is 9.11. The molecule has 0 atom stereocenters. The third kappa shape index (κ3) is 3.74. The van der Waals surface area contributed by atoms with Crippen molar-refractivity contribution < 1.29 is 27.5 Å². The molecule has 1 heterocycles. The fourth-order valence-corrected chi connectivity index (χ4v) is 3.81. The molecular weight excluding hydrogens is 415 g/mol. The van der Waals surface area contributed by atoms with Crippen molar-refractivity contribution in [3.63, 3.8) is 0 Å². The fraction of sp³-hybridized carbons (Fsp3) is 0.158. The Labute approximate surface area is 167 Å². The van der Waals surface area contributed by atoms with Gasteiger partial charge in [0.2, 0.25) is 0 Å². The summed E-state index contributed by atoms with van der Waals surface area (Å²) in [6.45, 7) is 1.66. The van der Waals surface area contributed by atoms with Gasteiger partial charge in [0.05, 0.1) is 28.3 Å². The van der Waals surface area contributed by atoms with Gasteiger partial charge >= 0.3 is 6.18 Å². The number of alkyl halides is 3. The van der Waals surface area contributed by atoms with Crippen LogP contribution in [0.3, 0.4) is 0 Å². The number of carbonyl (C=O) groups is 2. The van der Waals surface area contributed by atoms with E-state index in [1.807, 2.05) is 0 Å². The number of thioether (sulfide) groups is 1. The molecule has 1 aliphatic heterocycles. The summed E-state index contributed by atoms with van der Waals surface area (Å²) < 4.78 is 44.5. The Morgan fingerprint density at radius 3 is 2.50 bits per heavy atom. The van der Waals surface area contributed by atoms with E-state index in [9.17, 15) is 22.8 Å². The molecular formula is C19H13ClF3NO3S. The van der Waals surface area contributed by atoms with E-state index in [0.717, 1.165) is 11.0 Å². The van der Waals surface area contributed by atoms with Crippen LogP contribution in [-0.2, 0) is 11.0 Å². The largest absolute Gasteiger partial charge is 0.497 e. The van der Waals surface area contributed by atoms with E-state index in [4.69, 9.17) is 16.3 Å². The number of nitrogens with zero attached hydrogens (tertiary/aromatic N) is 1. The SMILES string of the molecule is COc1cccc(/C(C)=C2\SC(=O)N(c3ccc(Cl)c(C(F)(F)F)c3)C2=O)c1. The molecule has 2 aromatic carbocycles. The lowest BCUT2D eigenvalue weighted by molar-refractivity contribution is -0.137.